The Bertz CT molecular complexity index is 674. The van der Waals surface area contributed by atoms with Crippen molar-refractivity contribution >= 4 is 17.3 Å². The predicted molar refractivity (Wildman–Crippen MR) is 78.3 cm³/mol. The van der Waals surface area contributed by atoms with E-state index in [4.69, 9.17) is 15.2 Å². The van der Waals surface area contributed by atoms with Gasteiger partial charge in [-0.25, -0.2) is 4.39 Å². The molecule has 0 atom stereocenters. The number of hydrogen-bond acceptors (Lipinski definition) is 4. The Balaban J connectivity index is 2.26. The first-order chi connectivity index (χ1) is 10.1. The van der Waals surface area contributed by atoms with Gasteiger partial charge in [0.2, 0.25) is 0 Å². The maximum absolute atomic E-state index is 13.3. The standard InChI is InChI=1S/C15H15FN2O3/c1-20-12-5-3-4-10(14(12)17)15(19)18-9-6-7-11(16)13(8-9)21-2/h3-8H,17H2,1-2H3,(H,18,19). The Morgan fingerprint density at radius 1 is 1.14 bits per heavy atom. The summed E-state index contributed by atoms with van der Waals surface area (Å²) in [5, 5.41) is 2.63. The number of carbonyl (C=O) groups is 1. The van der Waals surface area contributed by atoms with E-state index >= 15 is 0 Å². The van der Waals surface area contributed by atoms with E-state index in [2.05, 4.69) is 5.32 Å². The summed E-state index contributed by atoms with van der Waals surface area (Å²) in [5.41, 5.74) is 6.78. The number of hydrogen-bond donors (Lipinski definition) is 2. The van der Waals surface area contributed by atoms with Crippen LogP contribution in [-0.2, 0) is 0 Å². The van der Waals surface area contributed by atoms with Crippen molar-refractivity contribution in [1.29, 1.82) is 0 Å². The molecule has 0 aliphatic carbocycles. The molecule has 2 rings (SSSR count). The highest BCUT2D eigenvalue weighted by Crippen LogP contribution is 2.26. The summed E-state index contributed by atoms with van der Waals surface area (Å²) < 4.78 is 23.2. The maximum Gasteiger partial charge on any atom is 0.257 e. The van der Waals surface area contributed by atoms with Crippen LogP contribution in [0.3, 0.4) is 0 Å². The van der Waals surface area contributed by atoms with Crippen molar-refractivity contribution in [3.05, 3.63) is 47.8 Å². The van der Waals surface area contributed by atoms with Gasteiger partial charge in [-0.2, -0.15) is 0 Å². The van der Waals surface area contributed by atoms with Gasteiger partial charge in [0.15, 0.2) is 11.6 Å². The number of methoxy groups -OCH3 is 2. The van der Waals surface area contributed by atoms with Crippen LogP contribution in [0, 0.1) is 5.82 Å². The number of rotatable bonds is 4. The molecule has 2 aromatic carbocycles. The third-order valence-corrected chi connectivity index (χ3v) is 2.94. The molecule has 5 nitrogen and oxygen atoms in total. The van der Waals surface area contributed by atoms with E-state index in [-0.39, 0.29) is 17.0 Å². The molecular formula is C15H15FN2O3. The smallest absolute Gasteiger partial charge is 0.257 e. The topological polar surface area (TPSA) is 73.6 Å². The zero-order chi connectivity index (χ0) is 15.4. The minimum atomic E-state index is -0.503. The van der Waals surface area contributed by atoms with Crippen LogP contribution in [0.25, 0.3) is 0 Å². The van der Waals surface area contributed by atoms with Crippen LogP contribution < -0.4 is 20.5 Å². The number of amides is 1. The van der Waals surface area contributed by atoms with Crippen LogP contribution in [0.15, 0.2) is 36.4 Å². The molecule has 0 spiro atoms. The molecule has 3 N–H and O–H groups in total. The summed E-state index contributed by atoms with van der Waals surface area (Å²) in [6, 6.07) is 8.94. The Labute approximate surface area is 121 Å². The molecule has 1 amide bonds. The number of carbonyl (C=O) groups excluding carboxylic acids is 1. The van der Waals surface area contributed by atoms with Gasteiger partial charge in [0.05, 0.1) is 25.5 Å². The summed E-state index contributed by atoms with van der Waals surface area (Å²) in [4.78, 5) is 12.2. The number of nitrogen functional groups attached to an aromatic ring is 1. The van der Waals surface area contributed by atoms with Gasteiger partial charge in [-0.3, -0.25) is 4.79 Å². The average molecular weight is 290 g/mol. The molecule has 6 heteroatoms. The quantitative estimate of drug-likeness (QED) is 0.849. The lowest BCUT2D eigenvalue weighted by molar-refractivity contribution is 0.102. The van der Waals surface area contributed by atoms with Crippen molar-refractivity contribution in [3.63, 3.8) is 0 Å². The zero-order valence-corrected chi connectivity index (χ0v) is 11.6. The molecule has 0 saturated carbocycles. The first-order valence-electron chi connectivity index (χ1n) is 6.14. The maximum atomic E-state index is 13.3. The van der Waals surface area contributed by atoms with Crippen molar-refractivity contribution in [3.8, 4) is 11.5 Å². The predicted octanol–water partition coefficient (Wildman–Crippen LogP) is 2.68. The van der Waals surface area contributed by atoms with Gasteiger partial charge >= 0.3 is 0 Å². The first kappa shape index (κ1) is 14.6. The molecule has 0 aliphatic heterocycles. The highest BCUT2D eigenvalue weighted by molar-refractivity contribution is 6.08. The Morgan fingerprint density at radius 3 is 2.52 bits per heavy atom. The Morgan fingerprint density at radius 2 is 1.86 bits per heavy atom. The molecule has 0 radical (unpaired) electrons. The second-order valence-electron chi connectivity index (χ2n) is 4.22. The lowest BCUT2D eigenvalue weighted by Crippen LogP contribution is -2.14. The van der Waals surface area contributed by atoms with E-state index in [0.29, 0.717) is 11.4 Å². The number of halogens is 1. The fraction of sp³-hybridized carbons (Fsp3) is 0.133. The van der Waals surface area contributed by atoms with Crippen molar-refractivity contribution < 1.29 is 18.7 Å². The summed E-state index contributed by atoms with van der Waals surface area (Å²) in [6.45, 7) is 0. The fourth-order valence-electron chi connectivity index (χ4n) is 1.86. The van der Waals surface area contributed by atoms with Gasteiger partial charge < -0.3 is 20.5 Å². The second-order valence-corrected chi connectivity index (χ2v) is 4.22. The van der Waals surface area contributed by atoms with Gasteiger partial charge in [0.25, 0.3) is 5.91 Å². The van der Waals surface area contributed by atoms with Crippen LogP contribution >= 0.6 is 0 Å². The SMILES string of the molecule is COc1cc(NC(=O)c2cccc(OC)c2N)ccc1F. The highest BCUT2D eigenvalue weighted by Gasteiger charge is 2.14. The van der Waals surface area contributed by atoms with Crippen molar-refractivity contribution in [2.45, 2.75) is 0 Å². The monoisotopic (exact) mass is 290 g/mol. The molecule has 0 saturated heterocycles. The van der Waals surface area contributed by atoms with Gasteiger partial charge in [0, 0.05) is 11.8 Å². The number of para-hydroxylation sites is 1. The molecule has 0 bridgehead atoms. The molecule has 0 fully saturated rings. The van der Waals surface area contributed by atoms with E-state index in [1.165, 1.54) is 32.4 Å². The van der Waals surface area contributed by atoms with E-state index < -0.39 is 11.7 Å². The fourth-order valence-corrected chi connectivity index (χ4v) is 1.86. The van der Waals surface area contributed by atoms with Crippen LogP contribution in [0.2, 0.25) is 0 Å². The van der Waals surface area contributed by atoms with Crippen molar-refractivity contribution in [2.24, 2.45) is 0 Å². The van der Waals surface area contributed by atoms with E-state index in [1.54, 1.807) is 18.2 Å². The average Bonchev–Trinajstić information content (AvgIpc) is 2.49. The zero-order valence-electron chi connectivity index (χ0n) is 11.6. The van der Waals surface area contributed by atoms with E-state index in [9.17, 15) is 9.18 Å². The molecule has 0 aliphatic rings. The lowest BCUT2D eigenvalue weighted by atomic mass is 10.1. The molecule has 0 unspecified atom stereocenters. The minimum Gasteiger partial charge on any atom is -0.495 e. The molecule has 110 valence electrons. The third kappa shape index (κ3) is 3.05. The number of nitrogens with one attached hydrogen (secondary N) is 1. The lowest BCUT2D eigenvalue weighted by Gasteiger charge is -2.11. The number of ether oxygens (including phenoxy) is 2. The molecular weight excluding hydrogens is 275 g/mol. The Kier molecular flexibility index (Phi) is 4.27. The normalized spacial score (nSPS) is 10.0. The van der Waals surface area contributed by atoms with E-state index in [0.717, 1.165) is 0 Å². The van der Waals surface area contributed by atoms with Crippen molar-refractivity contribution in [2.75, 3.05) is 25.3 Å². The first-order valence-corrected chi connectivity index (χ1v) is 6.14. The summed E-state index contributed by atoms with van der Waals surface area (Å²) in [7, 11) is 2.82. The number of anilines is 2. The van der Waals surface area contributed by atoms with E-state index in [1.807, 2.05) is 0 Å². The van der Waals surface area contributed by atoms with Gasteiger partial charge in [-0.05, 0) is 24.3 Å². The highest BCUT2D eigenvalue weighted by atomic mass is 19.1. The van der Waals surface area contributed by atoms with Crippen LogP contribution in [0.4, 0.5) is 15.8 Å². The van der Waals surface area contributed by atoms with Gasteiger partial charge in [0.1, 0.15) is 5.75 Å². The summed E-state index contributed by atoms with van der Waals surface area (Å²) in [5.74, 6) is -0.456. The summed E-state index contributed by atoms with van der Waals surface area (Å²) >= 11 is 0. The third-order valence-electron chi connectivity index (χ3n) is 2.94. The second kappa shape index (κ2) is 6.13. The largest absolute Gasteiger partial charge is 0.495 e. The van der Waals surface area contributed by atoms with Crippen molar-refractivity contribution in [1.82, 2.24) is 0 Å². The van der Waals surface area contributed by atoms with Crippen LogP contribution in [0.1, 0.15) is 10.4 Å². The molecule has 21 heavy (non-hydrogen) atoms. The van der Waals surface area contributed by atoms with Gasteiger partial charge in [-0.1, -0.05) is 6.07 Å². The molecule has 0 heterocycles. The molecule has 0 aromatic heterocycles. The van der Waals surface area contributed by atoms with Crippen LogP contribution in [0.5, 0.6) is 11.5 Å². The summed E-state index contributed by atoms with van der Waals surface area (Å²) in [6.07, 6.45) is 0. The Hall–Kier alpha value is -2.76. The number of nitrogens with two attached hydrogens (primary N) is 1. The number of benzene rings is 2. The van der Waals surface area contributed by atoms with Crippen LogP contribution in [-0.4, -0.2) is 20.1 Å². The minimum absolute atomic E-state index is 0.0476. The van der Waals surface area contributed by atoms with Gasteiger partial charge in [-0.15, -0.1) is 0 Å². The molecule has 2 aromatic rings.